The van der Waals surface area contributed by atoms with Crippen LogP contribution in [0.15, 0.2) is 54.6 Å². The molecule has 0 bridgehead atoms. The second-order valence-electron chi connectivity index (χ2n) is 11.9. The number of ether oxygens (including phenoxy) is 7. The highest BCUT2D eigenvalue weighted by molar-refractivity contribution is 5.89. The molecule has 1 heterocycles. The molecule has 50 heavy (non-hydrogen) atoms. The average Bonchev–Trinajstić information content (AvgIpc) is 3.15. The molecule has 1 amide bonds. The zero-order chi connectivity index (χ0) is 36.2. The molecule has 1 aliphatic rings. The number of piperidine rings is 1. The van der Waals surface area contributed by atoms with E-state index in [9.17, 15) is 14.4 Å². The van der Waals surface area contributed by atoms with E-state index >= 15 is 0 Å². The SMILES string of the molecule is CC[C@H](C(=O)N1CCCC[C@H]1C(=O)O[C@@H](CCc1ccc(OC)c(OC)c1)c1cccc(OCC(=O)O)c1)c1cc(OC)c(OC)c(OC)c1. The second kappa shape index (κ2) is 18.0. The number of hydrogen-bond acceptors (Lipinski definition) is 10. The Kier molecular flexibility index (Phi) is 13.6. The van der Waals surface area contributed by atoms with Crippen molar-refractivity contribution in [1.82, 2.24) is 4.90 Å². The molecule has 0 saturated carbocycles. The highest BCUT2D eigenvalue weighted by atomic mass is 16.5. The van der Waals surface area contributed by atoms with Gasteiger partial charge in [0.2, 0.25) is 11.7 Å². The van der Waals surface area contributed by atoms with E-state index in [0.717, 1.165) is 18.4 Å². The number of rotatable bonds is 17. The lowest BCUT2D eigenvalue weighted by atomic mass is 9.91. The molecule has 12 heteroatoms. The van der Waals surface area contributed by atoms with E-state index in [1.807, 2.05) is 31.2 Å². The molecule has 3 aromatic rings. The van der Waals surface area contributed by atoms with Gasteiger partial charge in [0, 0.05) is 6.54 Å². The van der Waals surface area contributed by atoms with E-state index in [0.29, 0.717) is 77.9 Å². The normalized spacial score (nSPS) is 15.3. The Morgan fingerprint density at radius 2 is 1.52 bits per heavy atom. The maximum Gasteiger partial charge on any atom is 0.341 e. The summed E-state index contributed by atoms with van der Waals surface area (Å²) in [7, 11) is 7.70. The summed E-state index contributed by atoms with van der Waals surface area (Å²) in [6.07, 6.45) is 2.65. The summed E-state index contributed by atoms with van der Waals surface area (Å²) < 4.78 is 39.1. The molecule has 0 radical (unpaired) electrons. The van der Waals surface area contributed by atoms with Crippen molar-refractivity contribution in [3.8, 4) is 34.5 Å². The molecule has 3 atom stereocenters. The monoisotopic (exact) mass is 693 g/mol. The number of nitrogens with zero attached hydrogens (tertiary/aromatic N) is 1. The van der Waals surface area contributed by atoms with Gasteiger partial charge in [-0.3, -0.25) is 4.79 Å². The standard InChI is InChI=1S/C38H47NO11/c1-7-28(26-21-33(46-4)36(48-6)34(22-26)47-5)37(42)39-18-9-8-13-29(39)38(43)50-30(25-11-10-12-27(20-25)49-23-35(40)41)16-14-24-15-17-31(44-2)32(19-24)45-3/h10-12,15,17,19-22,28-30H,7-9,13-14,16,18,23H2,1-6H3,(H,40,41)/t28-,29-,30-/m0/s1. The minimum Gasteiger partial charge on any atom is -0.493 e. The van der Waals surface area contributed by atoms with E-state index in [2.05, 4.69) is 0 Å². The van der Waals surface area contributed by atoms with Gasteiger partial charge in [-0.05, 0) is 91.6 Å². The van der Waals surface area contributed by atoms with E-state index in [1.165, 1.54) is 21.3 Å². The third kappa shape index (κ3) is 9.10. The van der Waals surface area contributed by atoms with Crippen molar-refractivity contribution in [3.63, 3.8) is 0 Å². The number of carboxylic acid groups (broad SMARTS) is 1. The van der Waals surface area contributed by atoms with Gasteiger partial charge in [0.25, 0.3) is 0 Å². The largest absolute Gasteiger partial charge is 0.493 e. The molecule has 0 spiro atoms. The van der Waals surface area contributed by atoms with E-state index < -0.39 is 36.6 Å². The first-order valence-electron chi connectivity index (χ1n) is 16.6. The number of esters is 1. The Balaban J connectivity index is 1.61. The number of carbonyl (C=O) groups is 3. The van der Waals surface area contributed by atoms with Crippen LogP contribution in [0.1, 0.15) is 67.7 Å². The number of benzene rings is 3. The van der Waals surface area contributed by atoms with Crippen LogP contribution in [0.2, 0.25) is 0 Å². The summed E-state index contributed by atoms with van der Waals surface area (Å²) in [5, 5.41) is 9.12. The third-order valence-corrected chi connectivity index (χ3v) is 8.85. The van der Waals surface area contributed by atoms with Gasteiger partial charge >= 0.3 is 11.9 Å². The topological polar surface area (TPSA) is 139 Å². The number of hydrogen-bond donors (Lipinski definition) is 1. The Labute approximate surface area is 293 Å². The average molecular weight is 694 g/mol. The van der Waals surface area contributed by atoms with E-state index in [1.54, 1.807) is 49.5 Å². The van der Waals surface area contributed by atoms with Crippen molar-refractivity contribution < 1.29 is 52.6 Å². The molecular weight excluding hydrogens is 646 g/mol. The molecule has 3 aromatic carbocycles. The molecule has 0 aromatic heterocycles. The molecule has 1 aliphatic heterocycles. The fourth-order valence-corrected chi connectivity index (χ4v) is 6.29. The predicted octanol–water partition coefficient (Wildman–Crippen LogP) is 5.99. The van der Waals surface area contributed by atoms with E-state index in [-0.39, 0.29) is 5.91 Å². The summed E-state index contributed by atoms with van der Waals surface area (Å²) in [5.74, 6) is 0.454. The van der Waals surface area contributed by atoms with Gasteiger partial charge in [0.1, 0.15) is 17.9 Å². The number of likely N-dealkylation sites (tertiary alicyclic amines) is 1. The highest BCUT2D eigenvalue weighted by Crippen LogP contribution is 2.41. The van der Waals surface area contributed by atoms with Crippen molar-refractivity contribution >= 4 is 17.8 Å². The fourth-order valence-electron chi connectivity index (χ4n) is 6.29. The first-order chi connectivity index (χ1) is 24.2. The molecule has 0 unspecified atom stereocenters. The summed E-state index contributed by atoms with van der Waals surface area (Å²) in [5.41, 5.74) is 2.27. The van der Waals surface area contributed by atoms with E-state index in [4.69, 9.17) is 38.3 Å². The molecule has 1 N–H and O–H groups in total. The summed E-state index contributed by atoms with van der Waals surface area (Å²) in [6.45, 7) is 1.82. The zero-order valence-corrected chi connectivity index (χ0v) is 29.6. The molecule has 4 rings (SSSR count). The second-order valence-corrected chi connectivity index (χ2v) is 11.9. The summed E-state index contributed by atoms with van der Waals surface area (Å²) in [4.78, 5) is 41.2. The minimum atomic E-state index is -1.11. The maximum atomic E-state index is 14.3. The van der Waals surface area contributed by atoms with Crippen LogP contribution < -0.4 is 28.4 Å². The van der Waals surface area contributed by atoms with Crippen molar-refractivity contribution in [1.29, 1.82) is 0 Å². The lowest BCUT2D eigenvalue weighted by molar-refractivity contribution is -0.162. The number of amides is 1. The van der Waals surface area contributed by atoms with Crippen LogP contribution in [-0.4, -0.2) is 82.6 Å². The molecular formula is C38H47NO11. The van der Waals surface area contributed by atoms with Crippen LogP contribution in [0, 0.1) is 0 Å². The van der Waals surface area contributed by atoms with Crippen LogP contribution in [-0.2, 0) is 25.5 Å². The number of methoxy groups -OCH3 is 5. The number of carbonyl (C=O) groups excluding carboxylic acids is 2. The smallest absolute Gasteiger partial charge is 0.341 e. The van der Waals surface area contributed by atoms with Crippen molar-refractivity contribution in [2.24, 2.45) is 0 Å². The van der Waals surface area contributed by atoms with Crippen LogP contribution in [0.25, 0.3) is 0 Å². The number of aliphatic carboxylic acids is 1. The van der Waals surface area contributed by atoms with Crippen molar-refractivity contribution in [2.45, 2.75) is 63.5 Å². The van der Waals surface area contributed by atoms with Gasteiger partial charge in [-0.1, -0.05) is 25.1 Å². The summed E-state index contributed by atoms with van der Waals surface area (Å²) in [6, 6.07) is 15.2. The van der Waals surface area contributed by atoms with Gasteiger partial charge < -0.3 is 43.2 Å². The minimum absolute atomic E-state index is 0.186. The fraction of sp³-hybridized carbons (Fsp3) is 0.447. The summed E-state index contributed by atoms with van der Waals surface area (Å²) >= 11 is 0. The third-order valence-electron chi connectivity index (χ3n) is 8.85. The molecule has 270 valence electrons. The van der Waals surface area contributed by atoms with Gasteiger partial charge in [0.15, 0.2) is 29.6 Å². The van der Waals surface area contributed by atoms with Crippen LogP contribution in [0.3, 0.4) is 0 Å². The molecule has 1 fully saturated rings. The predicted molar refractivity (Wildman–Crippen MR) is 185 cm³/mol. The number of aryl methyl sites for hydroxylation is 1. The van der Waals surface area contributed by atoms with Gasteiger partial charge in [-0.15, -0.1) is 0 Å². The lowest BCUT2D eigenvalue weighted by Crippen LogP contribution is -2.50. The maximum absolute atomic E-state index is 14.3. The Morgan fingerprint density at radius 3 is 2.14 bits per heavy atom. The Bertz CT molecular complexity index is 1600. The highest BCUT2D eigenvalue weighted by Gasteiger charge is 2.38. The van der Waals surface area contributed by atoms with Gasteiger partial charge in [0.05, 0.1) is 41.5 Å². The molecule has 12 nitrogen and oxygen atoms in total. The lowest BCUT2D eigenvalue weighted by Gasteiger charge is -2.37. The van der Waals surface area contributed by atoms with Crippen LogP contribution in [0.4, 0.5) is 0 Å². The van der Waals surface area contributed by atoms with Crippen LogP contribution in [0.5, 0.6) is 34.5 Å². The molecule has 1 saturated heterocycles. The Morgan fingerprint density at radius 1 is 0.820 bits per heavy atom. The van der Waals surface area contributed by atoms with Crippen LogP contribution >= 0.6 is 0 Å². The van der Waals surface area contributed by atoms with Gasteiger partial charge in [-0.2, -0.15) is 0 Å². The van der Waals surface area contributed by atoms with Crippen molar-refractivity contribution in [3.05, 3.63) is 71.3 Å². The first-order valence-corrected chi connectivity index (χ1v) is 16.6. The Hall–Kier alpha value is -5.13. The zero-order valence-electron chi connectivity index (χ0n) is 29.6. The first kappa shape index (κ1) is 37.7. The number of carboxylic acids is 1. The quantitative estimate of drug-likeness (QED) is 0.167. The molecule has 0 aliphatic carbocycles. The van der Waals surface area contributed by atoms with Gasteiger partial charge in [-0.25, -0.2) is 9.59 Å². The van der Waals surface area contributed by atoms with Crippen molar-refractivity contribution in [2.75, 3.05) is 48.7 Å².